The first-order valence-electron chi connectivity index (χ1n) is 14.2. The quantitative estimate of drug-likeness (QED) is 0.294. The van der Waals surface area contributed by atoms with Gasteiger partial charge in [0.1, 0.15) is 18.3 Å². The zero-order valence-electron chi connectivity index (χ0n) is 25.7. The maximum atomic E-state index is 14.2. The van der Waals surface area contributed by atoms with Gasteiger partial charge in [0.2, 0.25) is 11.8 Å². The van der Waals surface area contributed by atoms with Gasteiger partial charge in [0.05, 0.1) is 17.2 Å². The van der Waals surface area contributed by atoms with Gasteiger partial charge in [0.15, 0.2) is 0 Å². The minimum Gasteiger partial charge on any atom is -0.494 e. The molecular formula is C33H43N3O5S. The van der Waals surface area contributed by atoms with Gasteiger partial charge in [-0.05, 0) is 89.9 Å². The molecule has 1 atom stereocenters. The first-order valence-corrected chi connectivity index (χ1v) is 15.7. The van der Waals surface area contributed by atoms with Crippen molar-refractivity contribution in [3.8, 4) is 5.75 Å². The van der Waals surface area contributed by atoms with Crippen LogP contribution < -0.4 is 14.4 Å². The summed E-state index contributed by atoms with van der Waals surface area (Å²) in [5.41, 5.74) is 2.67. The molecule has 8 nitrogen and oxygen atoms in total. The summed E-state index contributed by atoms with van der Waals surface area (Å²) in [5, 5.41) is 2.99. The van der Waals surface area contributed by atoms with Gasteiger partial charge in [0, 0.05) is 12.1 Å². The number of nitrogens with zero attached hydrogens (tertiary/aromatic N) is 2. The number of aryl methyl sites for hydroxylation is 2. The highest BCUT2D eigenvalue weighted by Gasteiger charge is 2.34. The standard InChI is InChI=1S/C33H43N3O5S/c1-8-30(32(38)34-33(5,6)7)35(22-26-12-10-11-25(4)21-26)31(37)23-36(27-15-13-24(3)14-16-27)42(39,40)29-19-17-28(18-20-29)41-9-2/h10-21,30H,8-9,22-23H2,1-7H3,(H,34,38)/t30-/m1/s1. The largest absolute Gasteiger partial charge is 0.494 e. The maximum Gasteiger partial charge on any atom is 0.264 e. The van der Waals surface area contributed by atoms with Crippen molar-refractivity contribution in [2.24, 2.45) is 0 Å². The van der Waals surface area contributed by atoms with Crippen LogP contribution in [0, 0.1) is 13.8 Å². The Bertz CT molecular complexity index is 1460. The third-order valence-electron chi connectivity index (χ3n) is 6.64. The lowest BCUT2D eigenvalue weighted by Gasteiger charge is -2.35. The molecule has 0 heterocycles. The van der Waals surface area contributed by atoms with Crippen molar-refractivity contribution < 1.29 is 22.7 Å². The lowest BCUT2D eigenvalue weighted by Crippen LogP contribution is -2.55. The van der Waals surface area contributed by atoms with Crippen molar-refractivity contribution >= 4 is 27.5 Å². The molecule has 0 aliphatic carbocycles. The molecule has 226 valence electrons. The van der Waals surface area contributed by atoms with Crippen molar-refractivity contribution in [2.75, 3.05) is 17.5 Å². The molecule has 2 amide bonds. The smallest absolute Gasteiger partial charge is 0.264 e. The molecular weight excluding hydrogens is 550 g/mol. The van der Waals surface area contributed by atoms with Crippen molar-refractivity contribution in [3.05, 3.63) is 89.5 Å². The number of rotatable bonds is 12. The summed E-state index contributed by atoms with van der Waals surface area (Å²) in [5.74, 6) is -0.223. The SMILES string of the molecule is CCOc1ccc(S(=O)(=O)N(CC(=O)N(Cc2cccc(C)c2)[C@H](CC)C(=O)NC(C)(C)C)c2ccc(C)cc2)cc1. The van der Waals surface area contributed by atoms with Crippen LogP contribution in [0.2, 0.25) is 0 Å². The van der Waals surface area contributed by atoms with Crippen LogP contribution in [0.5, 0.6) is 5.75 Å². The molecule has 0 spiro atoms. The Morgan fingerprint density at radius 3 is 2.10 bits per heavy atom. The Labute approximate surface area is 250 Å². The number of sulfonamides is 1. The van der Waals surface area contributed by atoms with Crippen LogP contribution in [0.1, 0.15) is 57.7 Å². The molecule has 0 saturated heterocycles. The molecule has 0 aromatic heterocycles. The molecule has 0 saturated carbocycles. The number of hydrogen-bond donors (Lipinski definition) is 1. The van der Waals surface area contributed by atoms with Crippen LogP contribution in [-0.2, 0) is 26.2 Å². The minimum absolute atomic E-state index is 0.0297. The maximum absolute atomic E-state index is 14.2. The number of amides is 2. The van der Waals surface area contributed by atoms with Gasteiger partial charge >= 0.3 is 0 Å². The normalized spacial score (nSPS) is 12.4. The lowest BCUT2D eigenvalue weighted by atomic mass is 10.0. The Kier molecular flexibility index (Phi) is 10.8. The molecule has 3 rings (SSSR count). The predicted molar refractivity (Wildman–Crippen MR) is 167 cm³/mol. The minimum atomic E-state index is -4.16. The summed E-state index contributed by atoms with van der Waals surface area (Å²) >= 11 is 0. The summed E-state index contributed by atoms with van der Waals surface area (Å²) in [6.07, 6.45) is 0.357. The van der Waals surface area contributed by atoms with E-state index >= 15 is 0 Å². The van der Waals surface area contributed by atoms with Gasteiger partial charge in [-0.25, -0.2) is 8.42 Å². The first-order chi connectivity index (χ1) is 19.7. The first kappa shape index (κ1) is 32.7. The van der Waals surface area contributed by atoms with Crippen LogP contribution in [0.15, 0.2) is 77.7 Å². The molecule has 9 heteroatoms. The fourth-order valence-corrected chi connectivity index (χ4v) is 6.04. The Balaban J connectivity index is 2.06. The second kappa shape index (κ2) is 13.9. The molecule has 3 aromatic rings. The number of hydrogen-bond acceptors (Lipinski definition) is 5. The zero-order chi connectivity index (χ0) is 31.1. The highest BCUT2D eigenvalue weighted by Crippen LogP contribution is 2.27. The van der Waals surface area contributed by atoms with E-state index in [1.807, 2.05) is 72.7 Å². The fourth-order valence-electron chi connectivity index (χ4n) is 4.62. The van der Waals surface area contributed by atoms with Gasteiger partial charge in [-0.15, -0.1) is 0 Å². The molecule has 42 heavy (non-hydrogen) atoms. The lowest BCUT2D eigenvalue weighted by molar-refractivity contribution is -0.141. The average Bonchev–Trinajstić information content (AvgIpc) is 2.91. The number of nitrogens with one attached hydrogen (secondary N) is 1. The fraction of sp³-hybridized carbons (Fsp3) is 0.394. The van der Waals surface area contributed by atoms with E-state index in [0.717, 1.165) is 21.0 Å². The third kappa shape index (κ3) is 8.58. The summed E-state index contributed by atoms with van der Waals surface area (Å²) in [7, 11) is -4.16. The van der Waals surface area contributed by atoms with E-state index in [1.54, 1.807) is 36.4 Å². The van der Waals surface area contributed by atoms with Crippen LogP contribution in [0.25, 0.3) is 0 Å². The molecule has 0 radical (unpaired) electrons. The number of carbonyl (C=O) groups is 2. The molecule has 0 unspecified atom stereocenters. The predicted octanol–water partition coefficient (Wildman–Crippen LogP) is 5.62. The molecule has 3 aromatic carbocycles. The molecule has 0 fully saturated rings. The average molecular weight is 594 g/mol. The van der Waals surface area contributed by atoms with Crippen LogP contribution in [0.3, 0.4) is 0 Å². The highest BCUT2D eigenvalue weighted by molar-refractivity contribution is 7.92. The Morgan fingerprint density at radius 2 is 1.55 bits per heavy atom. The van der Waals surface area contributed by atoms with Crippen molar-refractivity contribution in [2.45, 2.75) is 77.9 Å². The van der Waals surface area contributed by atoms with Crippen molar-refractivity contribution in [3.63, 3.8) is 0 Å². The Hall–Kier alpha value is -3.85. The van der Waals surface area contributed by atoms with Crippen LogP contribution in [0.4, 0.5) is 5.69 Å². The second-order valence-electron chi connectivity index (χ2n) is 11.4. The molecule has 0 aliphatic heterocycles. The second-order valence-corrected chi connectivity index (χ2v) is 13.3. The van der Waals surface area contributed by atoms with E-state index < -0.39 is 34.1 Å². The van der Waals surface area contributed by atoms with Gasteiger partial charge in [-0.2, -0.15) is 0 Å². The number of carbonyl (C=O) groups excluding carboxylic acids is 2. The monoisotopic (exact) mass is 593 g/mol. The number of ether oxygens (including phenoxy) is 1. The Morgan fingerprint density at radius 1 is 0.905 bits per heavy atom. The van der Waals surface area contributed by atoms with E-state index in [1.165, 1.54) is 17.0 Å². The van der Waals surface area contributed by atoms with Gasteiger partial charge < -0.3 is 15.0 Å². The molecule has 0 aliphatic rings. The summed E-state index contributed by atoms with van der Waals surface area (Å²) < 4.78 is 34.7. The highest BCUT2D eigenvalue weighted by atomic mass is 32.2. The third-order valence-corrected chi connectivity index (χ3v) is 8.43. The summed E-state index contributed by atoms with van der Waals surface area (Å²) in [6.45, 7) is 13.3. The van der Waals surface area contributed by atoms with E-state index in [2.05, 4.69) is 5.32 Å². The van der Waals surface area contributed by atoms with Crippen molar-refractivity contribution in [1.29, 1.82) is 0 Å². The topological polar surface area (TPSA) is 96.0 Å². The zero-order valence-corrected chi connectivity index (χ0v) is 26.5. The van der Waals surface area contributed by atoms with Crippen molar-refractivity contribution in [1.82, 2.24) is 10.2 Å². The summed E-state index contributed by atoms with van der Waals surface area (Å²) in [6, 6.07) is 20.0. The van der Waals surface area contributed by atoms with Gasteiger partial charge in [-0.1, -0.05) is 54.4 Å². The van der Waals surface area contributed by atoms with E-state index in [4.69, 9.17) is 4.74 Å². The summed E-state index contributed by atoms with van der Waals surface area (Å²) in [4.78, 5) is 29.2. The van der Waals surface area contributed by atoms with E-state index in [-0.39, 0.29) is 17.3 Å². The van der Waals surface area contributed by atoms with Crippen LogP contribution >= 0.6 is 0 Å². The number of anilines is 1. The molecule has 0 bridgehead atoms. The van der Waals surface area contributed by atoms with E-state index in [0.29, 0.717) is 24.5 Å². The number of benzene rings is 3. The van der Waals surface area contributed by atoms with Gasteiger partial charge in [-0.3, -0.25) is 13.9 Å². The van der Waals surface area contributed by atoms with Gasteiger partial charge in [0.25, 0.3) is 10.0 Å². The van der Waals surface area contributed by atoms with E-state index in [9.17, 15) is 18.0 Å². The molecule has 1 N–H and O–H groups in total. The van der Waals surface area contributed by atoms with Crippen LogP contribution in [-0.4, -0.2) is 49.9 Å².